The molecule has 5 aliphatic rings. The normalized spacial score (nSPS) is 35.6. The SMILES string of the molecule is CC1=C2C3OC(CN(C)C)OC3C3(C)CCC4OCC4C3CC(O)(CC1)C2(C)C.CC=O.CO.Cc1ccccc1.O=CO. The molecule has 8 unspecified atom stereocenters. The Hall–Kier alpha value is -2.14. The molecule has 44 heavy (non-hydrogen) atoms. The van der Waals surface area contributed by atoms with Crippen molar-refractivity contribution in [2.24, 2.45) is 22.7 Å². The monoisotopic (exact) mass is 619 g/mol. The first kappa shape index (κ1) is 38.0. The van der Waals surface area contributed by atoms with Gasteiger partial charge in [0.15, 0.2) is 6.29 Å². The number of hydrogen-bond acceptors (Lipinski definition) is 8. The van der Waals surface area contributed by atoms with Crippen LogP contribution in [-0.2, 0) is 23.8 Å². The molecule has 250 valence electrons. The summed E-state index contributed by atoms with van der Waals surface area (Å²) in [6.07, 6.45) is 5.73. The van der Waals surface area contributed by atoms with E-state index < -0.39 is 5.60 Å². The van der Waals surface area contributed by atoms with E-state index in [1.807, 2.05) is 18.2 Å². The standard InChI is InChI=1S/C24H39NO4.C7H8.C2H4O.CH2O2.CH4O/c1-14-7-10-24(26)11-16-15-13-27-17(15)8-9-23(16,4)21-20(19(14)22(24,2)3)28-18(29-21)12-25(5)6;1-7-5-3-2-4-6-7;1-2-3;2-1-3;1-2/h15-18,20-21,26H,7-13H2,1-6H3;2-6H,1H3;2H,1H3;1H,(H,2,3);2H,1H3. The minimum absolute atomic E-state index is 0.00399. The van der Waals surface area contributed by atoms with Crippen LogP contribution in [0, 0.1) is 29.6 Å². The van der Waals surface area contributed by atoms with Crippen LogP contribution < -0.4 is 0 Å². The van der Waals surface area contributed by atoms with Crippen LogP contribution in [0.1, 0.15) is 72.3 Å². The van der Waals surface area contributed by atoms with Gasteiger partial charge in [0.05, 0.1) is 24.4 Å². The predicted octanol–water partition coefficient (Wildman–Crippen LogP) is 4.87. The summed E-state index contributed by atoms with van der Waals surface area (Å²) in [5, 5.41) is 26.0. The Morgan fingerprint density at radius 3 is 2.09 bits per heavy atom. The molecule has 2 saturated carbocycles. The number of rotatable bonds is 2. The first-order valence-electron chi connectivity index (χ1n) is 15.7. The van der Waals surface area contributed by atoms with E-state index in [4.69, 9.17) is 34.0 Å². The summed E-state index contributed by atoms with van der Waals surface area (Å²) in [5.41, 5.74) is 3.02. The number of carbonyl (C=O) groups is 2. The number of aryl methyl sites for hydroxylation is 1. The zero-order chi connectivity index (χ0) is 33.3. The van der Waals surface area contributed by atoms with Crippen molar-refractivity contribution in [3.05, 3.63) is 47.0 Å². The van der Waals surface area contributed by atoms with Crippen LogP contribution in [0.3, 0.4) is 0 Å². The molecule has 2 saturated heterocycles. The topological polar surface area (TPSA) is 126 Å². The van der Waals surface area contributed by atoms with Gasteiger partial charge >= 0.3 is 0 Å². The molecule has 3 aliphatic carbocycles. The van der Waals surface area contributed by atoms with Gasteiger partial charge in [-0.25, -0.2) is 0 Å². The lowest BCUT2D eigenvalue weighted by Gasteiger charge is -2.62. The predicted molar refractivity (Wildman–Crippen MR) is 171 cm³/mol. The first-order chi connectivity index (χ1) is 20.8. The molecular formula is C35H57NO8. The van der Waals surface area contributed by atoms with E-state index in [-0.39, 0.29) is 35.8 Å². The average Bonchev–Trinajstić information content (AvgIpc) is 3.35. The highest BCUT2D eigenvalue weighted by Gasteiger charge is 2.66. The van der Waals surface area contributed by atoms with E-state index in [1.54, 1.807) is 0 Å². The highest BCUT2D eigenvalue weighted by Crippen LogP contribution is 2.64. The molecule has 2 heterocycles. The molecule has 4 fully saturated rings. The van der Waals surface area contributed by atoms with E-state index in [2.05, 4.69) is 65.7 Å². The molecule has 0 spiro atoms. The van der Waals surface area contributed by atoms with E-state index >= 15 is 0 Å². The van der Waals surface area contributed by atoms with E-state index in [9.17, 15) is 5.11 Å². The van der Waals surface area contributed by atoms with Gasteiger partial charge in [-0.15, -0.1) is 0 Å². The fourth-order valence-electron chi connectivity index (χ4n) is 7.97. The van der Waals surface area contributed by atoms with Gasteiger partial charge < -0.3 is 39.2 Å². The highest BCUT2D eigenvalue weighted by atomic mass is 16.7. The summed E-state index contributed by atoms with van der Waals surface area (Å²) in [4.78, 5) is 19.3. The summed E-state index contributed by atoms with van der Waals surface area (Å²) in [6, 6.07) is 10.3. The van der Waals surface area contributed by atoms with Crippen molar-refractivity contribution in [1.82, 2.24) is 4.90 Å². The molecule has 8 atom stereocenters. The van der Waals surface area contributed by atoms with Gasteiger partial charge in [0.1, 0.15) is 12.4 Å². The number of fused-ring (bicyclic) bond motifs is 8. The van der Waals surface area contributed by atoms with Crippen molar-refractivity contribution in [2.45, 2.75) is 104 Å². The lowest BCUT2D eigenvalue weighted by atomic mass is 9.47. The number of aldehydes is 1. The highest BCUT2D eigenvalue weighted by molar-refractivity contribution is 5.44. The van der Waals surface area contributed by atoms with Crippen LogP contribution in [0.4, 0.5) is 0 Å². The molecule has 3 N–H and O–H groups in total. The molecule has 1 aromatic carbocycles. The molecular weight excluding hydrogens is 562 g/mol. The third kappa shape index (κ3) is 7.98. The maximum atomic E-state index is 12.1. The fraction of sp³-hybridized carbons (Fsp3) is 0.714. The van der Waals surface area contributed by atoms with Gasteiger partial charge in [-0.05, 0) is 78.5 Å². The van der Waals surface area contributed by atoms with Crippen LogP contribution in [0.5, 0.6) is 0 Å². The van der Waals surface area contributed by atoms with Crippen molar-refractivity contribution in [3.63, 3.8) is 0 Å². The van der Waals surface area contributed by atoms with E-state index in [0.29, 0.717) is 17.9 Å². The Kier molecular flexibility index (Phi) is 14.2. The Bertz CT molecular complexity index is 1070. The number of carbonyl (C=O) groups excluding carboxylic acids is 1. The number of aliphatic hydroxyl groups is 2. The maximum Gasteiger partial charge on any atom is 0.290 e. The van der Waals surface area contributed by atoms with E-state index in [0.717, 1.165) is 58.7 Å². The van der Waals surface area contributed by atoms with Gasteiger partial charge in [-0.3, -0.25) is 4.79 Å². The molecule has 9 heteroatoms. The molecule has 2 aliphatic heterocycles. The third-order valence-corrected chi connectivity index (χ3v) is 10.3. The molecule has 6 rings (SSSR count). The lowest BCUT2D eigenvalue weighted by molar-refractivity contribution is -0.235. The summed E-state index contributed by atoms with van der Waals surface area (Å²) >= 11 is 0. The third-order valence-electron chi connectivity index (χ3n) is 10.3. The fourth-order valence-corrected chi connectivity index (χ4v) is 7.97. The zero-order valence-corrected chi connectivity index (χ0v) is 28.3. The minimum atomic E-state index is -0.695. The summed E-state index contributed by atoms with van der Waals surface area (Å²) in [5.74, 6) is 0.952. The zero-order valence-electron chi connectivity index (χ0n) is 28.3. The van der Waals surface area contributed by atoms with Crippen LogP contribution in [0.25, 0.3) is 0 Å². The molecule has 0 aromatic heterocycles. The second kappa shape index (κ2) is 16.4. The van der Waals surface area contributed by atoms with Crippen LogP contribution >= 0.6 is 0 Å². The Morgan fingerprint density at radius 2 is 1.61 bits per heavy atom. The van der Waals surface area contributed by atoms with Gasteiger partial charge in [-0.1, -0.05) is 62.2 Å². The number of likely N-dealkylation sites (N-methyl/N-ethyl adjacent to an activating group) is 1. The largest absolute Gasteiger partial charge is 0.483 e. The van der Waals surface area contributed by atoms with Crippen molar-refractivity contribution in [2.75, 3.05) is 34.4 Å². The van der Waals surface area contributed by atoms with Crippen molar-refractivity contribution < 1.29 is 39.1 Å². The number of hydrogen-bond donors (Lipinski definition) is 3. The second-order valence-electron chi connectivity index (χ2n) is 13.5. The number of nitrogens with zero attached hydrogens (tertiary/aromatic N) is 1. The Morgan fingerprint density at radius 1 is 1.02 bits per heavy atom. The summed E-state index contributed by atoms with van der Waals surface area (Å²) in [6.45, 7) is 14.0. The number of allylic oxidation sites excluding steroid dienone is 1. The van der Waals surface area contributed by atoms with Gasteiger partial charge in [-0.2, -0.15) is 0 Å². The average molecular weight is 620 g/mol. The van der Waals surface area contributed by atoms with Crippen LogP contribution in [0.2, 0.25) is 0 Å². The Balaban J connectivity index is 0.000000377. The second-order valence-corrected chi connectivity index (χ2v) is 13.5. The van der Waals surface area contributed by atoms with Gasteiger partial charge in [0, 0.05) is 30.4 Å². The number of benzene rings is 1. The molecule has 9 nitrogen and oxygen atoms in total. The maximum absolute atomic E-state index is 12.1. The van der Waals surface area contributed by atoms with Crippen molar-refractivity contribution in [3.8, 4) is 0 Å². The van der Waals surface area contributed by atoms with Crippen LogP contribution in [-0.4, -0.2) is 97.5 Å². The van der Waals surface area contributed by atoms with Crippen LogP contribution in [0.15, 0.2) is 41.5 Å². The number of aliphatic hydroxyl groups excluding tert-OH is 1. The van der Waals surface area contributed by atoms with Crippen molar-refractivity contribution in [1.29, 1.82) is 0 Å². The number of carboxylic acid groups (broad SMARTS) is 1. The first-order valence-corrected chi connectivity index (χ1v) is 15.7. The molecule has 0 amide bonds. The van der Waals surface area contributed by atoms with Crippen molar-refractivity contribution >= 4 is 12.8 Å². The van der Waals surface area contributed by atoms with Gasteiger partial charge in [0.2, 0.25) is 0 Å². The van der Waals surface area contributed by atoms with E-state index in [1.165, 1.54) is 23.6 Å². The molecule has 1 aromatic rings. The Labute approximate surface area is 264 Å². The quantitative estimate of drug-likeness (QED) is 0.314. The summed E-state index contributed by atoms with van der Waals surface area (Å²) in [7, 11) is 5.14. The minimum Gasteiger partial charge on any atom is -0.483 e. The molecule has 0 radical (unpaired) electrons. The lowest BCUT2D eigenvalue weighted by Crippen LogP contribution is -2.65. The molecule has 2 bridgehead atoms. The van der Waals surface area contributed by atoms with Gasteiger partial charge in [0.25, 0.3) is 6.47 Å². The smallest absolute Gasteiger partial charge is 0.290 e. The summed E-state index contributed by atoms with van der Waals surface area (Å²) < 4.78 is 19.3. The number of ether oxygens (including phenoxy) is 3.